The van der Waals surface area contributed by atoms with Crippen LogP contribution in [0.3, 0.4) is 0 Å². The van der Waals surface area contributed by atoms with Crippen molar-refractivity contribution in [1.29, 1.82) is 0 Å². The maximum Gasteiger partial charge on any atom is 0.308 e. The molecular weight excluding hydrogens is 202 g/mol. The molecule has 0 heterocycles. The Hall–Kier alpha value is -1.51. The van der Waals surface area contributed by atoms with Crippen LogP contribution < -0.4 is 4.90 Å². The van der Waals surface area contributed by atoms with E-state index in [1.54, 1.807) is 0 Å². The fourth-order valence-corrected chi connectivity index (χ4v) is 1.62. The molecule has 1 aromatic rings. The largest absolute Gasteiger partial charge is 0.481 e. The van der Waals surface area contributed by atoms with E-state index in [2.05, 4.69) is 0 Å². The molecule has 1 rings (SSSR count). The lowest BCUT2D eigenvalue weighted by Crippen LogP contribution is -2.29. The molecule has 1 aromatic carbocycles. The van der Waals surface area contributed by atoms with E-state index in [4.69, 9.17) is 5.11 Å². The smallest absolute Gasteiger partial charge is 0.308 e. The third-order valence-electron chi connectivity index (χ3n) is 2.81. The quantitative estimate of drug-likeness (QED) is 0.830. The van der Waals surface area contributed by atoms with Crippen LogP contribution in [0.2, 0.25) is 0 Å². The first-order valence-corrected chi connectivity index (χ1v) is 5.55. The lowest BCUT2D eigenvalue weighted by molar-refractivity contribution is -0.141. The van der Waals surface area contributed by atoms with Crippen molar-refractivity contribution in [3.05, 3.63) is 29.8 Å². The summed E-state index contributed by atoms with van der Waals surface area (Å²) in [6.45, 7) is 4.49. The molecule has 88 valence electrons. The molecule has 0 amide bonds. The average Bonchev–Trinajstić information content (AvgIpc) is 2.26. The molecule has 0 aliphatic carbocycles. The normalized spacial score (nSPS) is 12.2. The molecule has 0 radical (unpaired) electrons. The van der Waals surface area contributed by atoms with E-state index in [1.165, 1.54) is 5.56 Å². The summed E-state index contributed by atoms with van der Waals surface area (Å²) in [6.07, 6.45) is 0.658. The highest BCUT2D eigenvalue weighted by Gasteiger charge is 2.17. The summed E-state index contributed by atoms with van der Waals surface area (Å²) >= 11 is 0. The van der Waals surface area contributed by atoms with Gasteiger partial charge in [-0.1, -0.05) is 24.6 Å². The number of aliphatic carboxylic acids is 1. The van der Waals surface area contributed by atoms with Gasteiger partial charge in [-0.3, -0.25) is 4.79 Å². The summed E-state index contributed by atoms with van der Waals surface area (Å²) in [5.74, 6) is -1.02. The second-order valence-corrected chi connectivity index (χ2v) is 4.16. The molecule has 16 heavy (non-hydrogen) atoms. The van der Waals surface area contributed by atoms with Crippen molar-refractivity contribution >= 4 is 11.7 Å². The first-order chi connectivity index (χ1) is 7.54. The van der Waals surface area contributed by atoms with Gasteiger partial charge in [-0.25, -0.2) is 0 Å². The minimum absolute atomic E-state index is 0.300. The van der Waals surface area contributed by atoms with Gasteiger partial charge in [-0.05, 0) is 25.5 Å². The van der Waals surface area contributed by atoms with Gasteiger partial charge in [0.2, 0.25) is 0 Å². The first kappa shape index (κ1) is 12.6. The molecule has 1 N–H and O–H groups in total. The van der Waals surface area contributed by atoms with Crippen molar-refractivity contribution in [2.75, 3.05) is 18.5 Å². The van der Waals surface area contributed by atoms with Crippen LogP contribution in [0.4, 0.5) is 5.69 Å². The van der Waals surface area contributed by atoms with Crippen LogP contribution in [0, 0.1) is 12.8 Å². The zero-order valence-electron chi connectivity index (χ0n) is 10.1. The predicted octanol–water partition coefficient (Wildman–Crippen LogP) is 2.54. The lowest BCUT2D eigenvalue weighted by atomic mass is 10.1. The van der Waals surface area contributed by atoms with Crippen LogP contribution in [0.25, 0.3) is 0 Å². The van der Waals surface area contributed by atoms with E-state index in [-0.39, 0.29) is 5.92 Å². The Bertz CT molecular complexity index is 345. The second kappa shape index (κ2) is 5.54. The van der Waals surface area contributed by atoms with Gasteiger partial charge in [-0.2, -0.15) is 0 Å². The van der Waals surface area contributed by atoms with E-state index in [1.807, 2.05) is 50.1 Å². The topological polar surface area (TPSA) is 40.5 Å². The van der Waals surface area contributed by atoms with Gasteiger partial charge in [0.05, 0.1) is 5.92 Å². The summed E-state index contributed by atoms with van der Waals surface area (Å²) in [6, 6.07) is 8.11. The standard InChI is InChI=1S/C13H19NO2/c1-4-11(13(15)16)9-14(3)12-7-5-10(2)6-8-12/h5-8,11H,4,9H2,1-3H3,(H,15,16). The number of carboxylic acid groups (broad SMARTS) is 1. The number of benzene rings is 1. The van der Waals surface area contributed by atoms with Crippen molar-refractivity contribution in [2.24, 2.45) is 5.92 Å². The lowest BCUT2D eigenvalue weighted by Gasteiger charge is -2.22. The third kappa shape index (κ3) is 3.26. The first-order valence-electron chi connectivity index (χ1n) is 5.55. The molecule has 1 atom stereocenters. The number of anilines is 1. The van der Waals surface area contributed by atoms with Crippen molar-refractivity contribution in [3.63, 3.8) is 0 Å². The van der Waals surface area contributed by atoms with Gasteiger partial charge in [-0.15, -0.1) is 0 Å². The fourth-order valence-electron chi connectivity index (χ4n) is 1.62. The molecule has 0 aliphatic heterocycles. The van der Waals surface area contributed by atoms with Gasteiger partial charge in [0, 0.05) is 19.3 Å². The summed E-state index contributed by atoms with van der Waals surface area (Å²) in [4.78, 5) is 12.9. The number of hydrogen-bond acceptors (Lipinski definition) is 2. The number of carboxylic acids is 1. The van der Waals surface area contributed by atoms with Crippen LogP contribution >= 0.6 is 0 Å². The Kier molecular flexibility index (Phi) is 4.35. The summed E-state index contributed by atoms with van der Waals surface area (Å²) in [5.41, 5.74) is 2.27. The minimum atomic E-state index is -0.721. The van der Waals surface area contributed by atoms with E-state index < -0.39 is 5.97 Å². The summed E-state index contributed by atoms with van der Waals surface area (Å²) in [7, 11) is 1.93. The predicted molar refractivity (Wildman–Crippen MR) is 65.9 cm³/mol. The highest BCUT2D eigenvalue weighted by molar-refractivity contribution is 5.70. The summed E-state index contributed by atoms with van der Waals surface area (Å²) in [5, 5.41) is 8.99. The van der Waals surface area contributed by atoms with Crippen LogP contribution in [0.1, 0.15) is 18.9 Å². The molecule has 0 aliphatic rings. The highest BCUT2D eigenvalue weighted by atomic mass is 16.4. The maximum atomic E-state index is 10.9. The molecule has 0 saturated heterocycles. The number of carbonyl (C=O) groups is 1. The highest BCUT2D eigenvalue weighted by Crippen LogP contribution is 2.16. The Morgan fingerprint density at radius 1 is 1.38 bits per heavy atom. The molecule has 3 heteroatoms. The molecule has 1 unspecified atom stereocenters. The van der Waals surface area contributed by atoms with Gasteiger partial charge in [0.25, 0.3) is 0 Å². The molecule has 0 aromatic heterocycles. The molecular formula is C13H19NO2. The average molecular weight is 221 g/mol. The molecule has 0 spiro atoms. The zero-order chi connectivity index (χ0) is 12.1. The maximum absolute atomic E-state index is 10.9. The Balaban J connectivity index is 2.67. The SMILES string of the molecule is CCC(CN(C)c1ccc(C)cc1)C(=O)O. The van der Waals surface area contributed by atoms with E-state index >= 15 is 0 Å². The Morgan fingerprint density at radius 3 is 2.38 bits per heavy atom. The minimum Gasteiger partial charge on any atom is -0.481 e. The molecule has 3 nitrogen and oxygen atoms in total. The number of hydrogen-bond donors (Lipinski definition) is 1. The monoisotopic (exact) mass is 221 g/mol. The number of rotatable bonds is 5. The van der Waals surface area contributed by atoms with E-state index in [0.717, 1.165) is 5.69 Å². The van der Waals surface area contributed by atoms with Gasteiger partial charge < -0.3 is 10.0 Å². The van der Waals surface area contributed by atoms with Crippen LogP contribution in [0.5, 0.6) is 0 Å². The zero-order valence-corrected chi connectivity index (χ0v) is 10.1. The molecule has 0 saturated carbocycles. The van der Waals surface area contributed by atoms with E-state index in [0.29, 0.717) is 13.0 Å². The van der Waals surface area contributed by atoms with Crippen molar-refractivity contribution < 1.29 is 9.90 Å². The van der Waals surface area contributed by atoms with Crippen LogP contribution in [-0.2, 0) is 4.79 Å². The Labute approximate surface area is 96.7 Å². The van der Waals surface area contributed by atoms with Crippen molar-refractivity contribution in [1.82, 2.24) is 0 Å². The number of aryl methyl sites for hydroxylation is 1. The van der Waals surface area contributed by atoms with Gasteiger partial charge in [0.15, 0.2) is 0 Å². The fraction of sp³-hybridized carbons (Fsp3) is 0.462. The summed E-state index contributed by atoms with van der Waals surface area (Å²) < 4.78 is 0. The van der Waals surface area contributed by atoms with Gasteiger partial charge in [0.1, 0.15) is 0 Å². The number of nitrogens with zero attached hydrogens (tertiary/aromatic N) is 1. The molecule has 0 fully saturated rings. The third-order valence-corrected chi connectivity index (χ3v) is 2.81. The second-order valence-electron chi connectivity index (χ2n) is 4.16. The van der Waals surface area contributed by atoms with Crippen LogP contribution in [-0.4, -0.2) is 24.7 Å². The van der Waals surface area contributed by atoms with Gasteiger partial charge >= 0.3 is 5.97 Å². The molecule has 0 bridgehead atoms. The van der Waals surface area contributed by atoms with E-state index in [9.17, 15) is 4.79 Å². The van der Waals surface area contributed by atoms with Crippen LogP contribution in [0.15, 0.2) is 24.3 Å². The van der Waals surface area contributed by atoms with Crippen molar-refractivity contribution in [3.8, 4) is 0 Å². The van der Waals surface area contributed by atoms with Crippen molar-refractivity contribution in [2.45, 2.75) is 20.3 Å². The Morgan fingerprint density at radius 2 is 1.94 bits per heavy atom.